The second-order valence-corrected chi connectivity index (χ2v) is 5.46. The average Bonchev–Trinajstić information content (AvgIpc) is 3.13. The first-order valence-corrected chi connectivity index (χ1v) is 7.04. The van der Waals surface area contributed by atoms with Crippen molar-refractivity contribution in [3.63, 3.8) is 0 Å². The van der Waals surface area contributed by atoms with E-state index in [0.717, 1.165) is 6.42 Å². The van der Waals surface area contributed by atoms with Crippen molar-refractivity contribution in [2.75, 3.05) is 6.54 Å². The minimum absolute atomic E-state index is 0.0574. The summed E-state index contributed by atoms with van der Waals surface area (Å²) in [6.07, 6.45) is -2.71. The normalized spacial score (nSPS) is 17.9. The summed E-state index contributed by atoms with van der Waals surface area (Å²) in [5.74, 6) is -0.737. The molecule has 1 aliphatic rings. The van der Waals surface area contributed by atoms with Crippen LogP contribution in [0.1, 0.15) is 45.4 Å². The molecule has 1 aliphatic carbocycles. The van der Waals surface area contributed by atoms with Gasteiger partial charge >= 0.3 is 18.2 Å². The largest absolute Gasteiger partial charge is 0.481 e. The molecule has 1 saturated carbocycles. The number of halogens is 3. The van der Waals surface area contributed by atoms with Crippen LogP contribution in [0.2, 0.25) is 0 Å². The Morgan fingerprint density at radius 2 is 1.90 bits per heavy atom. The fourth-order valence-electron chi connectivity index (χ4n) is 2.14. The molecule has 2 amide bonds. The number of carbonyl (C=O) groups excluding carboxylic acids is 1. The van der Waals surface area contributed by atoms with Crippen molar-refractivity contribution in [3.05, 3.63) is 0 Å². The SMILES string of the molecule is CCC(CCNC(=O)NC1(C(F)(F)F)CC1)CCC(=O)O. The Labute approximate surface area is 121 Å². The monoisotopic (exact) mass is 310 g/mol. The highest BCUT2D eigenvalue weighted by Gasteiger charge is 2.64. The number of carbonyl (C=O) groups is 2. The van der Waals surface area contributed by atoms with Crippen LogP contribution < -0.4 is 10.6 Å². The van der Waals surface area contributed by atoms with E-state index in [-0.39, 0.29) is 31.7 Å². The van der Waals surface area contributed by atoms with Gasteiger partial charge in [0.05, 0.1) is 0 Å². The van der Waals surface area contributed by atoms with E-state index in [0.29, 0.717) is 12.8 Å². The molecular formula is C13H21F3N2O3. The molecular weight excluding hydrogens is 289 g/mol. The summed E-state index contributed by atoms with van der Waals surface area (Å²) in [7, 11) is 0. The second-order valence-electron chi connectivity index (χ2n) is 5.46. The van der Waals surface area contributed by atoms with Gasteiger partial charge in [0.25, 0.3) is 0 Å². The minimum Gasteiger partial charge on any atom is -0.481 e. The Morgan fingerprint density at radius 1 is 1.29 bits per heavy atom. The van der Waals surface area contributed by atoms with Crippen molar-refractivity contribution in [1.82, 2.24) is 10.6 Å². The summed E-state index contributed by atoms with van der Waals surface area (Å²) in [6, 6.07) is -0.821. The lowest BCUT2D eigenvalue weighted by atomic mass is 9.97. The van der Waals surface area contributed by atoms with Gasteiger partial charge in [0.1, 0.15) is 5.54 Å². The molecule has 0 saturated heterocycles. The van der Waals surface area contributed by atoms with E-state index in [4.69, 9.17) is 5.11 Å². The Kier molecular flexibility index (Phi) is 5.86. The van der Waals surface area contributed by atoms with Crippen LogP contribution in [0.3, 0.4) is 0 Å². The molecule has 21 heavy (non-hydrogen) atoms. The molecule has 122 valence electrons. The number of nitrogens with one attached hydrogen (secondary N) is 2. The van der Waals surface area contributed by atoms with Gasteiger partial charge in [0, 0.05) is 13.0 Å². The fraction of sp³-hybridized carbons (Fsp3) is 0.846. The Morgan fingerprint density at radius 3 is 2.33 bits per heavy atom. The molecule has 3 N–H and O–H groups in total. The van der Waals surface area contributed by atoms with E-state index in [9.17, 15) is 22.8 Å². The number of amides is 2. The van der Waals surface area contributed by atoms with Gasteiger partial charge in [-0.05, 0) is 31.6 Å². The number of hydrogen-bond acceptors (Lipinski definition) is 2. The fourth-order valence-corrected chi connectivity index (χ4v) is 2.14. The van der Waals surface area contributed by atoms with Crippen LogP contribution in [0, 0.1) is 5.92 Å². The van der Waals surface area contributed by atoms with Gasteiger partial charge in [-0.2, -0.15) is 13.2 Å². The molecule has 1 unspecified atom stereocenters. The quantitative estimate of drug-likeness (QED) is 0.645. The third-order valence-corrected chi connectivity index (χ3v) is 3.83. The third-order valence-electron chi connectivity index (χ3n) is 3.83. The number of urea groups is 1. The Hall–Kier alpha value is -1.47. The summed E-state index contributed by atoms with van der Waals surface area (Å²) in [5, 5.41) is 13.0. The van der Waals surface area contributed by atoms with E-state index in [1.54, 1.807) is 0 Å². The smallest absolute Gasteiger partial charge is 0.411 e. The zero-order valence-electron chi connectivity index (χ0n) is 11.9. The molecule has 0 spiro atoms. The van der Waals surface area contributed by atoms with Crippen LogP contribution >= 0.6 is 0 Å². The topological polar surface area (TPSA) is 78.4 Å². The van der Waals surface area contributed by atoms with Crippen LogP contribution in [0.4, 0.5) is 18.0 Å². The highest BCUT2D eigenvalue weighted by atomic mass is 19.4. The Bertz CT molecular complexity index is 381. The van der Waals surface area contributed by atoms with Gasteiger partial charge in [-0.25, -0.2) is 4.79 Å². The van der Waals surface area contributed by atoms with E-state index >= 15 is 0 Å². The summed E-state index contributed by atoms with van der Waals surface area (Å²) in [5.41, 5.74) is -2.05. The summed E-state index contributed by atoms with van der Waals surface area (Å²) < 4.78 is 37.9. The molecule has 8 heteroatoms. The van der Waals surface area contributed by atoms with Crippen LogP contribution in [-0.2, 0) is 4.79 Å². The summed E-state index contributed by atoms with van der Waals surface area (Å²) in [6.45, 7) is 2.15. The molecule has 0 aromatic carbocycles. The molecule has 0 aromatic rings. The highest BCUT2D eigenvalue weighted by Crippen LogP contribution is 2.48. The molecule has 0 radical (unpaired) electrons. The van der Waals surface area contributed by atoms with E-state index < -0.39 is 23.7 Å². The molecule has 1 fully saturated rings. The van der Waals surface area contributed by atoms with Crippen LogP contribution in [0.5, 0.6) is 0 Å². The van der Waals surface area contributed by atoms with Crippen molar-refractivity contribution < 1.29 is 27.9 Å². The number of alkyl halides is 3. The first kappa shape index (κ1) is 17.6. The number of carboxylic acids is 1. The van der Waals surface area contributed by atoms with E-state index in [1.807, 2.05) is 12.2 Å². The van der Waals surface area contributed by atoms with Crippen LogP contribution in [0.15, 0.2) is 0 Å². The van der Waals surface area contributed by atoms with E-state index in [2.05, 4.69) is 5.32 Å². The van der Waals surface area contributed by atoms with Crippen molar-refractivity contribution >= 4 is 12.0 Å². The highest BCUT2D eigenvalue weighted by molar-refractivity contribution is 5.75. The van der Waals surface area contributed by atoms with Crippen LogP contribution in [-0.4, -0.2) is 35.4 Å². The number of carboxylic acid groups (broad SMARTS) is 1. The summed E-state index contributed by atoms with van der Waals surface area (Å²) >= 11 is 0. The van der Waals surface area contributed by atoms with Gasteiger partial charge in [0.2, 0.25) is 0 Å². The second kappa shape index (κ2) is 7.00. The van der Waals surface area contributed by atoms with Gasteiger partial charge in [-0.3, -0.25) is 4.79 Å². The predicted molar refractivity (Wildman–Crippen MR) is 69.8 cm³/mol. The van der Waals surface area contributed by atoms with Crippen molar-refractivity contribution in [3.8, 4) is 0 Å². The molecule has 1 rings (SSSR count). The molecule has 0 aliphatic heterocycles. The molecule has 1 atom stereocenters. The lowest BCUT2D eigenvalue weighted by Gasteiger charge is -2.21. The zero-order chi connectivity index (χ0) is 16.1. The van der Waals surface area contributed by atoms with Crippen molar-refractivity contribution in [2.24, 2.45) is 5.92 Å². The number of rotatable bonds is 8. The minimum atomic E-state index is -4.42. The lowest BCUT2D eigenvalue weighted by Crippen LogP contribution is -2.51. The molecule has 0 heterocycles. The number of hydrogen-bond donors (Lipinski definition) is 3. The maximum absolute atomic E-state index is 12.6. The lowest BCUT2D eigenvalue weighted by molar-refractivity contribution is -0.162. The van der Waals surface area contributed by atoms with Crippen molar-refractivity contribution in [2.45, 2.75) is 57.2 Å². The van der Waals surface area contributed by atoms with E-state index in [1.165, 1.54) is 0 Å². The predicted octanol–water partition coefficient (Wildman–Crippen LogP) is 2.66. The standard InChI is InChI=1S/C13H21F3N2O3/c1-2-9(3-4-10(19)20)5-8-17-11(21)18-12(6-7-12)13(14,15)16/h9H,2-8H2,1H3,(H,19,20)(H2,17,18,21). The first-order chi connectivity index (χ1) is 9.70. The van der Waals surface area contributed by atoms with Gasteiger partial charge in [-0.15, -0.1) is 0 Å². The molecule has 5 nitrogen and oxygen atoms in total. The third kappa shape index (κ3) is 5.43. The number of aliphatic carboxylic acids is 1. The first-order valence-electron chi connectivity index (χ1n) is 7.04. The maximum atomic E-state index is 12.6. The maximum Gasteiger partial charge on any atom is 0.411 e. The Balaban J connectivity index is 2.25. The van der Waals surface area contributed by atoms with Gasteiger partial charge < -0.3 is 15.7 Å². The molecule has 0 bridgehead atoms. The van der Waals surface area contributed by atoms with Gasteiger partial charge in [0.15, 0.2) is 0 Å². The average molecular weight is 310 g/mol. The molecule has 0 aromatic heterocycles. The van der Waals surface area contributed by atoms with Gasteiger partial charge in [-0.1, -0.05) is 13.3 Å². The van der Waals surface area contributed by atoms with Crippen LogP contribution in [0.25, 0.3) is 0 Å². The summed E-state index contributed by atoms with van der Waals surface area (Å²) in [4.78, 5) is 21.9. The zero-order valence-corrected chi connectivity index (χ0v) is 11.9. The van der Waals surface area contributed by atoms with Crippen molar-refractivity contribution in [1.29, 1.82) is 0 Å².